The third-order valence-electron chi connectivity index (χ3n) is 5.38. The molecule has 1 fully saturated rings. The van der Waals surface area contributed by atoms with Gasteiger partial charge in [0.2, 0.25) is 0 Å². The molecule has 1 aliphatic rings. The van der Waals surface area contributed by atoms with Crippen molar-refractivity contribution in [2.45, 2.75) is 32.4 Å². The molecule has 0 aliphatic carbocycles. The third kappa shape index (κ3) is 4.33. The molecule has 3 aromatic rings. The van der Waals surface area contributed by atoms with E-state index in [1.54, 1.807) is 6.07 Å². The summed E-state index contributed by atoms with van der Waals surface area (Å²) in [6, 6.07) is 13.5. The molecule has 0 saturated carbocycles. The molecule has 0 atom stereocenters. The molecule has 1 N–H and O–H groups in total. The van der Waals surface area contributed by atoms with Gasteiger partial charge in [-0.25, -0.2) is 9.07 Å². The minimum absolute atomic E-state index is 0.231. The lowest BCUT2D eigenvalue weighted by atomic mass is 10.1. The standard InChI is InChI=1S/C23H26FN3O2/c1-16-5-3-4-6-21(16)27-15-18(14-25-19-9-11-29-12-10-19)23(26-27)17-7-8-22(28-2)20(24)13-17/h3-8,13,15,19,25H,9-12,14H2,1-2H3. The molecule has 2 heterocycles. The van der Waals surface area contributed by atoms with Crippen molar-refractivity contribution in [3.63, 3.8) is 0 Å². The number of hydrogen-bond acceptors (Lipinski definition) is 4. The summed E-state index contributed by atoms with van der Waals surface area (Å²) < 4.78 is 26.7. The predicted octanol–water partition coefficient (Wildman–Crippen LogP) is 4.26. The molecule has 0 radical (unpaired) electrons. The Morgan fingerprint density at radius 1 is 1.21 bits per heavy atom. The highest BCUT2D eigenvalue weighted by atomic mass is 19.1. The number of nitrogens with one attached hydrogen (secondary N) is 1. The van der Waals surface area contributed by atoms with Crippen LogP contribution < -0.4 is 10.1 Å². The van der Waals surface area contributed by atoms with Crippen molar-refractivity contribution in [2.75, 3.05) is 20.3 Å². The normalized spacial score (nSPS) is 14.9. The Morgan fingerprint density at radius 2 is 2.00 bits per heavy atom. The number of halogens is 1. The summed E-state index contributed by atoms with van der Waals surface area (Å²) in [5.41, 5.74) is 4.68. The first-order valence-corrected chi connectivity index (χ1v) is 9.95. The Morgan fingerprint density at radius 3 is 2.72 bits per heavy atom. The highest BCUT2D eigenvalue weighted by molar-refractivity contribution is 5.64. The number of para-hydroxylation sites is 1. The third-order valence-corrected chi connectivity index (χ3v) is 5.38. The van der Waals surface area contributed by atoms with Gasteiger partial charge in [-0.2, -0.15) is 5.10 Å². The lowest BCUT2D eigenvalue weighted by molar-refractivity contribution is 0.0776. The van der Waals surface area contributed by atoms with Crippen LogP contribution in [-0.4, -0.2) is 36.1 Å². The van der Waals surface area contributed by atoms with Crippen molar-refractivity contribution in [1.82, 2.24) is 15.1 Å². The largest absolute Gasteiger partial charge is 0.494 e. The molecule has 1 saturated heterocycles. The first kappa shape index (κ1) is 19.6. The van der Waals surface area contributed by atoms with E-state index in [2.05, 4.69) is 18.3 Å². The summed E-state index contributed by atoms with van der Waals surface area (Å²) in [5, 5.41) is 8.43. The highest BCUT2D eigenvalue weighted by Gasteiger charge is 2.18. The van der Waals surface area contributed by atoms with Crippen LogP contribution in [0.25, 0.3) is 16.9 Å². The molecule has 1 aliphatic heterocycles. The van der Waals surface area contributed by atoms with Crippen LogP contribution in [0.5, 0.6) is 5.75 Å². The molecular weight excluding hydrogens is 369 g/mol. The van der Waals surface area contributed by atoms with Gasteiger partial charge >= 0.3 is 0 Å². The van der Waals surface area contributed by atoms with E-state index in [4.69, 9.17) is 14.6 Å². The molecule has 4 rings (SSSR count). The molecule has 29 heavy (non-hydrogen) atoms. The van der Waals surface area contributed by atoms with Crippen LogP contribution in [0.4, 0.5) is 4.39 Å². The second-order valence-electron chi connectivity index (χ2n) is 7.35. The van der Waals surface area contributed by atoms with E-state index in [-0.39, 0.29) is 5.75 Å². The van der Waals surface area contributed by atoms with Crippen molar-refractivity contribution in [1.29, 1.82) is 0 Å². The fourth-order valence-corrected chi connectivity index (χ4v) is 3.70. The minimum Gasteiger partial charge on any atom is -0.494 e. The number of rotatable bonds is 6. The van der Waals surface area contributed by atoms with Crippen LogP contribution in [-0.2, 0) is 11.3 Å². The average Bonchev–Trinajstić information content (AvgIpc) is 3.17. The molecule has 0 bridgehead atoms. The molecule has 0 unspecified atom stereocenters. The number of benzene rings is 2. The Labute approximate surface area is 170 Å². The second-order valence-corrected chi connectivity index (χ2v) is 7.35. The minimum atomic E-state index is -0.390. The molecule has 0 spiro atoms. The summed E-state index contributed by atoms with van der Waals surface area (Å²) in [7, 11) is 1.47. The van der Waals surface area contributed by atoms with E-state index in [9.17, 15) is 4.39 Å². The van der Waals surface area contributed by atoms with Gasteiger partial charge in [0.25, 0.3) is 0 Å². The highest BCUT2D eigenvalue weighted by Crippen LogP contribution is 2.28. The number of hydrogen-bond donors (Lipinski definition) is 1. The smallest absolute Gasteiger partial charge is 0.165 e. The fourth-order valence-electron chi connectivity index (χ4n) is 3.70. The van der Waals surface area contributed by atoms with Gasteiger partial charge in [-0.3, -0.25) is 0 Å². The maximum Gasteiger partial charge on any atom is 0.165 e. The fraction of sp³-hybridized carbons (Fsp3) is 0.348. The first-order chi connectivity index (χ1) is 14.2. The number of aromatic nitrogens is 2. The van der Waals surface area contributed by atoms with Gasteiger partial charge in [-0.15, -0.1) is 0 Å². The zero-order valence-corrected chi connectivity index (χ0v) is 16.8. The van der Waals surface area contributed by atoms with E-state index in [0.717, 1.165) is 54.1 Å². The quantitative estimate of drug-likeness (QED) is 0.677. The number of aryl methyl sites for hydroxylation is 1. The SMILES string of the molecule is COc1ccc(-c2nn(-c3ccccc3C)cc2CNC2CCOCC2)cc1F. The Kier molecular flexibility index (Phi) is 5.92. The van der Waals surface area contributed by atoms with Crippen LogP contribution in [0.3, 0.4) is 0 Å². The van der Waals surface area contributed by atoms with Gasteiger partial charge in [0, 0.05) is 43.1 Å². The van der Waals surface area contributed by atoms with E-state index in [1.807, 2.05) is 35.1 Å². The van der Waals surface area contributed by atoms with Crippen molar-refractivity contribution >= 4 is 0 Å². The lowest BCUT2D eigenvalue weighted by Gasteiger charge is -2.23. The molecule has 1 aromatic heterocycles. The lowest BCUT2D eigenvalue weighted by Crippen LogP contribution is -2.34. The van der Waals surface area contributed by atoms with E-state index in [1.165, 1.54) is 13.2 Å². The Balaban J connectivity index is 1.69. The van der Waals surface area contributed by atoms with Crippen molar-refractivity contribution in [2.24, 2.45) is 0 Å². The maximum absolute atomic E-state index is 14.3. The first-order valence-electron chi connectivity index (χ1n) is 9.95. The van der Waals surface area contributed by atoms with E-state index in [0.29, 0.717) is 12.6 Å². The number of nitrogens with zero attached hydrogens (tertiary/aromatic N) is 2. The molecule has 6 heteroatoms. The van der Waals surface area contributed by atoms with Crippen LogP contribution in [0, 0.1) is 12.7 Å². The maximum atomic E-state index is 14.3. The van der Waals surface area contributed by atoms with Gasteiger partial charge < -0.3 is 14.8 Å². The summed E-state index contributed by atoms with van der Waals surface area (Å²) in [6.45, 7) is 4.30. The zero-order chi connectivity index (χ0) is 20.2. The summed E-state index contributed by atoms with van der Waals surface area (Å²) in [5.74, 6) is -0.159. The van der Waals surface area contributed by atoms with Gasteiger partial charge in [-0.05, 0) is 49.6 Å². The molecule has 152 valence electrons. The summed E-state index contributed by atoms with van der Waals surface area (Å²) >= 11 is 0. The van der Waals surface area contributed by atoms with Crippen LogP contribution in [0.1, 0.15) is 24.0 Å². The van der Waals surface area contributed by atoms with Crippen LogP contribution in [0.15, 0.2) is 48.7 Å². The average molecular weight is 395 g/mol. The van der Waals surface area contributed by atoms with Crippen molar-refractivity contribution in [3.05, 3.63) is 65.6 Å². The van der Waals surface area contributed by atoms with E-state index < -0.39 is 5.82 Å². The second kappa shape index (κ2) is 8.76. The van der Waals surface area contributed by atoms with Gasteiger partial charge in [0.05, 0.1) is 18.5 Å². The van der Waals surface area contributed by atoms with Gasteiger partial charge in [0.1, 0.15) is 0 Å². The zero-order valence-electron chi connectivity index (χ0n) is 16.8. The summed E-state index contributed by atoms with van der Waals surface area (Å²) in [4.78, 5) is 0. The monoisotopic (exact) mass is 395 g/mol. The predicted molar refractivity (Wildman–Crippen MR) is 111 cm³/mol. The van der Waals surface area contributed by atoms with Crippen LogP contribution >= 0.6 is 0 Å². The van der Waals surface area contributed by atoms with E-state index >= 15 is 0 Å². The summed E-state index contributed by atoms with van der Waals surface area (Å²) in [6.07, 6.45) is 4.03. The van der Waals surface area contributed by atoms with Gasteiger partial charge in [-0.1, -0.05) is 18.2 Å². The Bertz CT molecular complexity index is 980. The topological polar surface area (TPSA) is 48.3 Å². The molecule has 5 nitrogen and oxygen atoms in total. The number of ether oxygens (including phenoxy) is 2. The van der Waals surface area contributed by atoms with Gasteiger partial charge in [0.15, 0.2) is 11.6 Å². The number of methoxy groups -OCH3 is 1. The van der Waals surface area contributed by atoms with Crippen molar-refractivity contribution < 1.29 is 13.9 Å². The van der Waals surface area contributed by atoms with Crippen molar-refractivity contribution in [3.8, 4) is 22.7 Å². The van der Waals surface area contributed by atoms with Crippen LogP contribution in [0.2, 0.25) is 0 Å². The Hall–Kier alpha value is -2.70. The molecule has 0 amide bonds. The molecular formula is C23H26FN3O2. The molecule has 2 aromatic carbocycles.